The normalized spacial score (nSPS) is 9.62. The Labute approximate surface area is 78.3 Å². The predicted molar refractivity (Wildman–Crippen MR) is 43.2 cm³/mol. The number of carboxylic acid groups (broad SMARTS) is 1. The lowest BCUT2D eigenvalue weighted by molar-refractivity contribution is -0.150. The van der Waals surface area contributed by atoms with Gasteiger partial charge in [0.2, 0.25) is 0 Å². The van der Waals surface area contributed by atoms with Crippen molar-refractivity contribution in [3.8, 4) is 0 Å². The molecule has 6 heteroatoms. The second-order valence-corrected chi connectivity index (χ2v) is 2.57. The molecule has 0 atom stereocenters. The molecular formula is C7H6ClNO4. The van der Waals surface area contributed by atoms with Crippen LogP contribution in [0.25, 0.3) is 0 Å². The number of rotatable bonds is 2. The molecule has 5 nitrogen and oxygen atoms in total. The third kappa shape index (κ3) is 2.79. The maximum absolute atomic E-state index is 10.5. The lowest BCUT2D eigenvalue weighted by atomic mass is 10.4. The molecule has 0 fully saturated rings. The molecule has 1 aromatic heterocycles. The molecular weight excluding hydrogens is 198 g/mol. The molecule has 0 radical (unpaired) electrons. The van der Waals surface area contributed by atoms with E-state index in [0.717, 1.165) is 0 Å². The van der Waals surface area contributed by atoms with Crippen molar-refractivity contribution >= 4 is 23.5 Å². The Morgan fingerprint density at radius 2 is 2.23 bits per heavy atom. The van der Waals surface area contributed by atoms with Gasteiger partial charge < -0.3 is 14.8 Å². The molecule has 0 aliphatic heterocycles. The third-order valence-electron chi connectivity index (χ3n) is 1.25. The number of furan rings is 1. The molecule has 1 rings (SSSR count). The average Bonchev–Trinajstić information content (AvgIpc) is 2.47. The third-order valence-corrected chi connectivity index (χ3v) is 1.45. The number of hydrogen-bond donors (Lipinski definition) is 2. The quantitative estimate of drug-likeness (QED) is 0.691. The minimum Gasteiger partial charge on any atom is -0.474 e. The lowest BCUT2D eigenvalue weighted by Crippen LogP contribution is -2.29. The maximum Gasteiger partial charge on any atom is 0.394 e. The van der Waals surface area contributed by atoms with E-state index in [-0.39, 0.29) is 11.8 Å². The predicted octanol–water partition coefficient (Wildman–Crippen LogP) is 0.634. The molecule has 0 aromatic carbocycles. The van der Waals surface area contributed by atoms with Gasteiger partial charge in [-0.1, -0.05) is 0 Å². The smallest absolute Gasteiger partial charge is 0.394 e. The van der Waals surface area contributed by atoms with Crippen LogP contribution in [0.4, 0.5) is 0 Å². The fraction of sp³-hybridized carbons (Fsp3) is 0.143. The molecule has 70 valence electrons. The first kappa shape index (κ1) is 9.60. The van der Waals surface area contributed by atoms with Gasteiger partial charge in [-0.2, -0.15) is 0 Å². The van der Waals surface area contributed by atoms with Crippen molar-refractivity contribution in [3.63, 3.8) is 0 Å². The van der Waals surface area contributed by atoms with E-state index in [1.165, 1.54) is 6.07 Å². The summed E-state index contributed by atoms with van der Waals surface area (Å²) in [6, 6.07) is 3.05. The Morgan fingerprint density at radius 1 is 1.54 bits per heavy atom. The van der Waals surface area contributed by atoms with Crippen molar-refractivity contribution in [1.82, 2.24) is 5.32 Å². The molecule has 1 heterocycles. The molecule has 0 aliphatic carbocycles. The standard InChI is InChI=1S/C7H6ClNO4/c8-5-2-1-4(13-5)3-9-6(10)7(11)12/h1-2H,3H2,(H,9,10)(H,11,12). The minimum atomic E-state index is -1.53. The van der Waals surface area contributed by atoms with Crippen LogP contribution in [-0.4, -0.2) is 17.0 Å². The molecule has 0 saturated carbocycles. The number of halogens is 1. The summed E-state index contributed by atoms with van der Waals surface area (Å²) in [6.07, 6.45) is 0. The van der Waals surface area contributed by atoms with Gasteiger partial charge in [-0.3, -0.25) is 4.79 Å². The SMILES string of the molecule is O=C(O)C(=O)NCc1ccc(Cl)o1. The number of nitrogens with one attached hydrogen (secondary N) is 1. The number of carbonyl (C=O) groups excluding carboxylic acids is 1. The first-order chi connectivity index (χ1) is 6.09. The van der Waals surface area contributed by atoms with Crippen molar-refractivity contribution in [2.45, 2.75) is 6.54 Å². The number of hydrogen-bond acceptors (Lipinski definition) is 3. The van der Waals surface area contributed by atoms with Gasteiger partial charge in [-0.15, -0.1) is 0 Å². The van der Waals surface area contributed by atoms with E-state index in [4.69, 9.17) is 21.1 Å². The topological polar surface area (TPSA) is 79.5 Å². The van der Waals surface area contributed by atoms with Crippen LogP contribution in [0.3, 0.4) is 0 Å². The van der Waals surface area contributed by atoms with E-state index in [0.29, 0.717) is 5.76 Å². The summed E-state index contributed by atoms with van der Waals surface area (Å²) >= 11 is 5.44. The summed E-state index contributed by atoms with van der Waals surface area (Å²) in [7, 11) is 0. The number of carbonyl (C=O) groups is 2. The van der Waals surface area contributed by atoms with Crippen LogP contribution in [0.1, 0.15) is 5.76 Å². The molecule has 0 saturated heterocycles. The van der Waals surface area contributed by atoms with Gasteiger partial charge in [0.1, 0.15) is 5.76 Å². The van der Waals surface area contributed by atoms with Gasteiger partial charge in [0.15, 0.2) is 5.22 Å². The van der Waals surface area contributed by atoms with Crippen molar-refractivity contribution in [2.24, 2.45) is 0 Å². The summed E-state index contributed by atoms with van der Waals surface area (Å²) in [5.41, 5.74) is 0. The largest absolute Gasteiger partial charge is 0.474 e. The van der Waals surface area contributed by atoms with Gasteiger partial charge in [-0.05, 0) is 23.7 Å². The fourth-order valence-corrected chi connectivity index (χ4v) is 0.852. The summed E-state index contributed by atoms with van der Waals surface area (Å²) in [6.45, 7) is 0.0118. The van der Waals surface area contributed by atoms with E-state index in [1.54, 1.807) is 6.07 Å². The van der Waals surface area contributed by atoms with E-state index in [9.17, 15) is 9.59 Å². The van der Waals surface area contributed by atoms with Crippen LogP contribution in [-0.2, 0) is 16.1 Å². The van der Waals surface area contributed by atoms with Gasteiger partial charge in [0.05, 0.1) is 6.54 Å². The van der Waals surface area contributed by atoms with Crippen molar-refractivity contribution in [1.29, 1.82) is 0 Å². The Kier molecular flexibility index (Phi) is 2.92. The summed E-state index contributed by atoms with van der Waals surface area (Å²) in [5, 5.41) is 10.5. The van der Waals surface area contributed by atoms with Gasteiger partial charge in [-0.25, -0.2) is 4.79 Å². The first-order valence-corrected chi connectivity index (χ1v) is 3.72. The highest BCUT2D eigenvalue weighted by Gasteiger charge is 2.10. The summed E-state index contributed by atoms with van der Waals surface area (Å²) in [5.74, 6) is -2.20. The first-order valence-electron chi connectivity index (χ1n) is 3.35. The van der Waals surface area contributed by atoms with Crippen molar-refractivity contribution in [3.05, 3.63) is 23.1 Å². The molecule has 2 N–H and O–H groups in total. The van der Waals surface area contributed by atoms with E-state index < -0.39 is 11.9 Å². The zero-order valence-corrected chi connectivity index (χ0v) is 7.17. The zero-order valence-electron chi connectivity index (χ0n) is 6.41. The van der Waals surface area contributed by atoms with Crippen LogP contribution in [0.5, 0.6) is 0 Å². The summed E-state index contributed by atoms with van der Waals surface area (Å²) < 4.78 is 4.87. The molecule has 1 aromatic rings. The van der Waals surface area contributed by atoms with Crippen LogP contribution in [0.15, 0.2) is 16.5 Å². The van der Waals surface area contributed by atoms with Crippen LogP contribution in [0, 0.1) is 0 Å². The Hall–Kier alpha value is -1.49. The van der Waals surface area contributed by atoms with Crippen LogP contribution in [0.2, 0.25) is 5.22 Å². The van der Waals surface area contributed by atoms with Gasteiger partial charge in [0.25, 0.3) is 0 Å². The summed E-state index contributed by atoms with van der Waals surface area (Å²) in [4.78, 5) is 20.6. The van der Waals surface area contributed by atoms with E-state index >= 15 is 0 Å². The Morgan fingerprint density at radius 3 is 2.69 bits per heavy atom. The molecule has 0 aliphatic rings. The average molecular weight is 204 g/mol. The van der Waals surface area contributed by atoms with Gasteiger partial charge >= 0.3 is 11.9 Å². The zero-order chi connectivity index (χ0) is 9.84. The van der Waals surface area contributed by atoms with Crippen LogP contribution < -0.4 is 5.32 Å². The minimum absolute atomic E-state index is 0.0118. The number of carboxylic acids is 1. The van der Waals surface area contributed by atoms with Crippen molar-refractivity contribution in [2.75, 3.05) is 0 Å². The number of amides is 1. The highest BCUT2D eigenvalue weighted by atomic mass is 35.5. The lowest BCUT2D eigenvalue weighted by Gasteiger charge is -1.97. The van der Waals surface area contributed by atoms with E-state index in [2.05, 4.69) is 5.32 Å². The van der Waals surface area contributed by atoms with Crippen molar-refractivity contribution < 1.29 is 19.1 Å². The highest BCUT2D eigenvalue weighted by Crippen LogP contribution is 2.12. The van der Waals surface area contributed by atoms with Crippen LogP contribution >= 0.6 is 11.6 Å². The molecule has 1 amide bonds. The van der Waals surface area contributed by atoms with Gasteiger partial charge in [0, 0.05) is 0 Å². The molecule has 0 unspecified atom stereocenters. The number of aliphatic carboxylic acids is 1. The Balaban J connectivity index is 2.44. The highest BCUT2D eigenvalue weighted by molar-refractivity contribution is 6.31. The molecule has 0 bridgehead atoms. The second kappa shape index (κ2) is 3.95. The fourth-order valence-electron chi connectivity index (χ4n) is 0.690. The molecule has 13 heavy (non-hydrogen) atoms. The monoisotopic (exact) mass is 203 g/mol. The maximum atomic E-state index is 10.5. The van der Waals surface area contributed by atoms with E-state index in [1.807, 2.05) is 0 Å². The second-order valence-electron chi connectivity index (χ2n) is 2.19. The Bertz CT molecular complexity index is 333. The molecule has 0 spiro atoms.